The fourth-order valence-corrected chi connectivity index (χ4v) is 2.07. The first kappa shape index (κ1) is 14.3. The molecule has 6 heteroatoms. The number of ether oxygens (including phenoxy) is 1. The second-order valence-corrected chi connectivity index (χ2v) is 4.93. The topological polar surface area (TPSA) is 62.7 Å². The van der Waals surface area contributed by atoms with Gasteiger partial charge in [-0.1, -0.05) is 0 Å². The lowest BCUT2D eigenvalue weighted by atomic mass is 10.2. The molecule has 6 nitrogen and oxygen atoms in total. The third-order valence-corrected chi connectivity index (χ3v) is 3.24. The van der Waals surface area contributed by atoms with E-state index in [2.05, 4.69) is 9.88 Å². The molecular weight excluding hydrogens is 258 g/mol. The number of hydrogen-bond acceptors (Lipinski definition) is 5. The highest BCUT2D eigenvalue weighted by Crippen LogP contribution is 2.22. The molecule has 0 bridgehead atoms. The van der Waals surface area contributed by atoms with Crippen LogP contribution in [-0.4, -0.2) is 55.6 Å². The highest BCUT2D eigenvalue weighted by Gasteiger charge is 2.22. The molecule has 20 heavy (non-hydrogen) atoms. The summed E-state index contributed by atoms with van der Waals surface area (Å²) in [7, 11) is 3.24. The normalized spacial score (nSPS) is 14.2. The van der Waals surface area contributed by atoms with Crippen LogP contribution < -0.4 is 4.90 Å². The van der Waals surface area contributed by atoms with Gasteiger partial charge >= 0.3 is 5.97 Å². The van der Waals surface area contributed by atoms with E-state index in [0.717, 1.165) is 25.9 Å². The summed E-state index contributed by atoms with van der Waals surface area (Å²) in [5.74, 6) is -0.104. The molecule has 2 heterocycles. The lowest BCUT2D eigenvalue weighted by molar-refractivity contribution is -0.131. The van der Waals surface area contributed by atoms with E-state index in [1.54, 1.807) is 32.4 Å². The van der Waals surface area contributed by atoms with E-state index >= 15 is 0 Å². The van der Waals surface area contributed by atoms with Gasteiger partial charge in [0.15, 0.2) is 6.61 Å². The third-order valence-electron chi connectivity index (χ3n) is 3.24. The summed E-state index contributed by atoms with van der Waals surface area (Å²) in [4.78, 5) is 31.3. The zero-order chi connectivity index (χ0) is 14.5. The largest absolute Gasteiger partial charge is 0.452 e. The molecule has 1 aliphatic rings. The smallest absolute Gasteiger partial charge is 0.342 e. The Bertz CT molecular complexity index is 496. The lowest BCUT2D eigenvalue weighted by Crippen LogP contribution is -2.28. The molecular formula is C14H19N3O3. The first-order chi connectivity index (χ1) is 9.59. The van der Waals surface area contributed by atoms with Crippen LogP contribution in [-0.2, 0) is 9.53 Å². The summed E-state index contributed by atoms with van der Waals surface area (Å²) >= 11 is 0. The SMILES string of the molecule is CN(C)C(=O)COC(=O)c1cccnc1N1CCCC1. The van der Waals surface area contributed by atoms with Crippen molar-refractivity contribution >= 4 is 17.7 Å². The second-order valence-electron chi connectivity index (χ2n) is 4.93. The Labute approximate surface area is 118 Å². The van der Waals surface area contributed by atoms with E-state index < -0.39 is 5.97 Å². The lowest BCUT2D eigenvalue weighted by Gasteiger charge is -2.19. The molecule has 0 radical (unpaired) electrons. The Kier molecular flexibility index (Phi) is 4.55. The van der Waals surface area contributed by atoms with Crippen LogP contribution >= 0.6 is 0 Å². The van der Waals surface area contributed by atoms with Crippen LogP contribution in [0.4, 0.5) is 5.82 Å². The molecule has 108 valence electrons. The molecule has 1 amide bonds. The molecule has 1 aliphatic heterocycles. The molecule has 0 saturated carbocycles. The highest BCUT2D eigenvalue weighted by molar-refractivity contribution is 5.96. The molecule has 0 atom stereocenters. The molecule has 0 aliphatic carbocycles. The minimum absolute atomic E-state index is 0.245. The Morgan fingerprint density at radius 1 is 1.35 bits per heavy atom. The predicted molar refractivity (Wildman–Crippen MR) is 74.7 cm³/mol. The van der Waals surface area contributed by atoms with Gasteiger partial charge in [0.1, 0.15) is 11.4 Å². The number of rotatable bonds is 4. The number of nitrogens with zero attached hydrogens (tertiary/aromatic N) is 3. The van der Waals surface area contributed by atoms with Crippen LogP contribution in [0.3, 0.4) is 0 Å². The minimum Gasteiger partial charge on any atom is -0.452 e. The number of anilines is 1. The molecule has 1 aromatic rings. The van der Waals surface area contributed by atoms with Crippen molar-refractivity contribution in [2.75, 3.05) is 38.7 Å². The van der Waals surface area contributed by atoms with Crippen molar-refractivity contribution in [3.05, 3.63) is 23.9 Å². The zero-order valence-corrected chi connectivity index (χ0v) is 11.8. The van der Waals surface area contributed by atoms with Crippen molar-refractivity contribution in [1.82, 2.24) is 9.88 Å². The minimum atomic E-state index is -0.504. The van der Waals surface area contributed by atoms with Gasteiger partial charge in [0.25, 0.3) is 5.91 Å². The molecule has 2 rings (SSSR count). The fraction of sp³-hybridized carbons (Fsp3) is 0.500. The summed E-state index contributed by atoms with van der Waals surface area (Å²) in [6, 6.07) is 3.38. The molecule has 1 fully saturated rings. The number of hydrogen-bond donors (Lipinski definition) is 0. The number of aromatic nitrogens is 1. The van der Waals surface area contributed by atoms with Gasteiger partial charge in [-0.15, -0.1) is 0 Å². The van der Waals surface area contributed by atoms with Crippen LogP contribution in [0.25, 0.3) is 0 Å². The van der Waals surface area contributed by atoms with Gasteiger partial charge < -0.3 is 14.5 Å². The first-order valence-corrected chi connectivity index (χ1v) is 6.67. The van der Waals surface area contributed by atoms with Gasteiger partial charge in [-0.3, -0.25) is 4.79 Å². The fourth-order valence-electron chi connectivity index (χ4n) is 2.07. The van der Waals surface area contributed by atoms with E-state index in [-0.39, 0.29) is 12.5 Å². The van der Waals surface area contributed by atoms with Gasteiger partial charge in [0.2, 0.25) is 0 Å². The quantitative estimate of drug-likeness (QED) is 0.766. The average Bonchev–Trinajstić information content (AvgIpc) is 2.98. The summed E-state index contributed by atoms with van der Waals surface area (Å²) in [6.07, 6.45) is 3.86. The molecule has 1 aromatic heterocycles. The number of pyridine rings is 1. The van der Waals surface area contributed by atoms with E-state index in [9.17, 15) is 9.59 Å². The molecule has 0 spiro atoms. The summed E-state index contributed by atoms with van der Waals surface area (Å²) in [6.45, 7) is 1.54. The van der Waals surface area contributed by atoms with Crippen molar-refractivity contribution in [3.8, 4) is 0 Å². The Morgan fingerprint density at radius 3 is 2.70 bits per heavy atom. The van der Waals surface area contributed by atoms with Crippen molar-refractivity contribution in [1.29, 1.82) is 0 Å². The van der Waals surface area contributed by atoms with Gasteiger partial charge in [-0.05, 0) is 25.0 Å². The zero-order valence-electron chi connectivity index (χ0n) is 11.8. The van der Waals surface area contributed by atoms with E-state index in [0.29, 0.717) is 11.4 Å². The number of carbonyl (C=O) groups is 2. The monoisotopic (exact) mass is 277 g/mol. The molecule has 1 saturated heterocycles. The van der Waals surface area contributed by atoms with Gasteiger partial charge in [0.05, 0.1) is 0 Å². The van der Waals surface area contributed by atoms with Crippen LogP contribution in [0.5, 0.6) is 0 Å². The van der Waals surface area contributed by atoms with Crippen molar-refractivity contribution in [2.45, 2.75) is 12.8 Å². The summed E-state index contributed by atoms with van der Waals surface area (Å²) in [5.41, 5.74) is 0.418. The average molecular weight is 277 g/mol. The Hall–Kier alpha value is -2.11. The van der Waals surface area contributed by atoms with Crippen molar-refractivity contribution in [3.63, 3.8) is 0 Å². The predicted octanol–water partition coefficient (Wildman–Crippen LogP) is 0.927. The maximum atomic E-state index is 12.1. The summed E-state index contributed by atoms with van der Waals surface area (Å²) < 4.78 is 5.05. The van der Waals surface area contributed by atoms with Crippen molar-refractivity contribution < 1.29 is 14.3 Å². The maximum absolute atomic E-state index is 12.1. The molecule has 0 N–H and O–H groups in total. The van der Waals surface area contributed by atoms with E-state index in [1.807, 2.05) is 0 Å². The molecule has 0 unspecified atom stereocenters. The van der Waals surface area contributed by atoms with Gasteiger partial charge in [-0.2, -0.15) is 0 Å². The molecule has 0 aromatic carbocycles. The third kappa shape index (κ3) is 3.26. The highest BCUT2D eigenvalue weighted by atomic mass is 16.5. The number of likely N-dealkylation sites (N-methyl/N-ethyl adjacent to an activating group) is 1. The second kappa shape index (κ2) is 6.36. The Morgan fingerprint density at radius 2 is 2.05 bits per heavy atom. The van der Waals surface area contributed by atoms with E-state index in [1.165, 1.54) is 4.90 Å². The van der Waals surface area contributed by atoms with E-state index in [4.69, 9.17) is 4.74 Å². The maximum Gasteiger partial charge on any atom is 0.342 e. The Balaban J connectivity index is 2.07. The van der Waals surface area contributed by atoms with Crippen LogP contribution in [0.15, 0.2) is 18.3 Å². The number of esters is 1. The van der Waals surface area contributed by atoms with Crippen LogP contribution in [0, 0.1) is 0 Å². The van der Waals surface area contributed by atoms with Crippen LogP contribution in [0.2, 0.25) is 0 Å². The number of carbonyl (C=O) groups excluding carboxylic acids is 2. The first-order valence-electron chi connectivity index (χ1n) is 6.67. The number of amides is 1. The van der Waals surface area contributed by atoms with Gasteiger partial charge in [0, 0.05) is 33.4 Å². The van der Waals surface area contributed by atoms with Crippen molar-refractivity contribution in [2.24, 2.45) is 0 Å². The van der Waals surface area contributed by atoms with Gasteiger partial charge in [-0.25, -0.2) is 9.78 Å². The summed E-state index contributed by atoms with van der Waals surface area (Å²) in [5, 5.41) is 0. The van der Waals surface area contributed by atoms with Crippen LogP contribution in [0.1, 0.15) is 23.2 Å². The standard InChI is InChI=1S/C14H19N3O3/c1-16(2)12(18)10-20-14(19)11-6-5-7-15-13(11)17-8-3-4-9-17/h5-7H,3-4,8-10H2,1-2H3.